The van der Waals surface area contributed by atoms with E-state index < -0.39 is 17.0 Å². The van der Waals surface area contributed by atoms with Crippen molar-refractivity contribution in [2.24, 2.45) is 29.6 Å². The zero-order valence-corrected chi connectivity index (χ0v) is 29.2. The Bertz CT molecular complexity index is 1170. The average Bonchev–Trinajstić information content (AvgIpc) is 3.52. The van der Waals surface area contributed by atoms with E-state index >= 15 is 0 Å². The molecule has 218 valence electrons. The fourth-order valence-corrected chi connectivity index (χ4v) is 9.53. The van der Waals surface area contributed by atoms with E-state index in [-0.39, 0.29) is 7.43 Å². The van der Waals surface area contributed by atoms with Crippen molar-refractivity contribution in [1.29, 1.82) is 0 Å². The van der Waals surface area contributed by atoms with E-state index in [0.717, 1.165) is 52.6 Å². The molecule has 2 aromatic carbocycles. The van der Waals surface area contributed by atoms with Gasteiger partial charge in [-0.3, -0.25) is 0 Å². The van der Waals surface area contributed by atoms with Gasteiger partial charge in [-0.25, -0.2) is 0 Å². The van der Waals surface area contributed by atoms with Gasteiger partial charge in [-0.2, -0.15) is 0 Å². The Labute approximate surface area is 265 Å². The van der Waals surface area contributed by atoms with Gasteiger partial charge < -0.3 is 17.7 Å². The Morgan fingerprint density at radius 3 is 2.02 bits per heavy atom. The van der Waals surface area contributed by atoms with Crippen LogP contribution in [0.1, 0.15) is 82.1 Å². The van der Waals surface area contributed by atoms with Crippen molar-refractivity contribution in [3.8, 4) is 0 Å². The van der Waals surface area contributed by atoms with Crippen molar-refractivity contribution < 1.29 is 17.0 Å². The summed E-state index contributed by atoms with van der Waals surface area (Å²) in [4.78, 5) is 3.82. The molecule has 0 aromatic heterocycles. The fourth-order valence-electron chi connectivity index (χ4n) is 7.42. The molecule has 4 aliphatic rings. The molecule has 0 N–H and O–H groups in total. The Balaban J connectivity index is 0.000000197. The number of hydrogen-bond donors (Lipinski definition) is 0. The molecule has 40 heavy (non-hydrogen) atoms. The molecule has 5 unspecified atom stereocenters. The van der Waals surface area contributed by atoms with Crippen molar-refractivity contribution in [2.75, 3.05) is 4.90 Å². The molecular formula is C34H46Cl2N2STi-2. The van der Waals surface area contributed by atoms with Crippen LogP contribution >= 0.6 is 30.4 Å². The first-order chi connectivity index (χ1) is 18.7. The number of halogens is 2. The number of hydrogen-bond acceptors (Lipinski definition) is 1. The molecule has 2 nitrogen and oxygen atoms in total. The van der Waals surface area contributed by atoms with Crippen molar-refractivity contribution in [2.45, 2.75) is 85.4 Å². The van der Waals surface area contributed by atoms with Crippen molar-refractivity contribution >= 4 is 41.9 Å². The molecule has 2 aliphatic heterocycles. The van der Waals surface area contributed by atoms with E-state index in [9.17, 15) is 5.41 Å². The Kier molecular flexibility index (Phi) is 12.8. The van der Waals surface area contributed by atoms with Gasteiger partial charge in [0.05, 0.1) is 0 Å². The predicted octanol–water partition coefficient (Wildman–Crippen LogP) is 11.0. The molecule has 0 amide bonds. The monoisotopic (exact) mass is 632 g/mol. The summed E-state index contributed by atoms with van der Waals surface area (Å²) in [5.74, 6) is 4.92. The SMILES string of the molecule is CC1=C(C2CCCCC2)SC2C(C)C(C)C(C)C12.Cc1cccc(C)c1N1Cc2ccccc2C1=[N-].[CH3-].[Cl][Ti][Cl]. The molecular weight excluding hydrogens is 587 g/mol. The van der Waals surface area contributed by atoms with Crippen molar-refractivity contribution in [1.82, 2.24) is 0 Å². The number of fused-ring (bicyclic) bond motifs is 2. The third kappa shape index (κ3) is 6.91. The van der Waals surface area contributed by atoms with Crippen LogP contribution in [-0.2, 0) is 23.6 Å². The van der Waals surface area contributed by atoms with Gasteiger partial charge in [0, 0.05) is 5.25 Å². The molecule has 6 heteroatoms. The van der Waals surface area contributed by atoms with Crippen LogP contribution in [0, 0.1) is 50.9 Å². The van der Waals surface area contributed by atoms with Crippen LogP contribution in [0.15, 0.2) is 52.9 Å². The van der Waals surface area contributed by atoms with Gasteiger partial charge in [-0.1, -0.05) is 93.9 Å². The van der Waals surface area contributed by atoms with Gasteiger partial charge in [-0.15, -0.1) is 11.8 Å². The molecule has 2 heterocycles. The molecule has 2 aromatic rings. The van der Waals surface area contributed by atoms with Gasteiger partial charge in [0.2, 0.25) is 0 Å². The molecule has 2 fully saturated rings. The summed E-state index contributed by atoms with van der Waals surface area (Å²) in [5, 5.41) is 11.3. The predicted molar refractivity (Wildman–Crippen MR) is 176 cm³/mol. The number of aryl methyl sites for hydroxylation is 2. The van der Waals surface area contributed by atoms with Gasteiger partial charge in [0.1, 0.15) is 0 Å². The third-order valence-corrected chi connectivity index (χ3v) is 11.7. The number of rotatable bonds is 2. The summed E-state index contributed by atoms with van der Waals surface area (Å²) < 4.78 is 0. The average molecular weight is 634 g/mol. The normalized spacial score (nSPS) is 27.1. The number of thioether (sulfide) groups is 1. The Morgan fingerprint density at radius 2 is 1.45 bits per heavy atom. The van der Waals surface area contributed by atoms with E-state index in [0.29, 0.717) is 5.84 Å². The van der Waals surface area contributed by atoms with E-state index in [1.165, 1.54) is 48.8 Å². The summed E-state index contributed by atoms with van der Waals surface area (Å²) in [5.41, 5.74) is 7.41. The number of anilines is 1. The number of allylic oxidation sites excluding steroid dienone is 2. The molecule has 2 aliphatic carbocycles. The molecule has 0 spiro atoms. The molecule has 0 saturated heterocycles. The van der Waals surface area contributed by atoms with Crippen molar-refractivity contribution in [3.63, 3.8) is 0 Å². The van der Waals surface area contributed by atoms with E-state index in [1.807, 2.05) is 28.0 Å². The fraction of sp³-hybridized carbons (Fsp3) is 0.529. The molecule has 5 atom stereocenters. The second-order valence-corrected chi connectivity index (χ2v) is 15.7. The third-order valence-electron chi connectivity index (χ3n) is 9.78. The zero-order valence-electron chi connectivity index (χ0n) is 25.3. The maximum atomic E-state index is 10.4. The number of para-hydroxylation sites is 1. The Morgan fingerprint density at radius 1 is 0.850 bits per heavy atom. The summed E-state index contributed by atoms with van der Waals surface area (Å²) in [7, 11) is 9.78. The van der Waals surface area contributed by atoms with Gasteiger partial charge in [0.25, 0.3) is 0 Å². The van der Waals surface area contributed by atoms with E-state index in [1.54, 1.807) is 5.57 Å². The van der Waals surface area contributed by atoms with Crippen LogP contribution in [0.2, 0.25) is 0 Å². The van der Waals surface area contributed by atoms with Crippen LogP contribution in [0.5, 0.6) is 0 Å². The van der Waals surface area contributed by atoms with Gasteiger partial charge in [-0.05, 0) is 103 Å². The topological polar surface area (TPSA) is 25.5 Å². The summed E-state index contributed by atoms with van der Waals surface area (Å²) in [6.07, 6.45) is 7.36. The van der Waals surface area contributed by atoms with Gasteiger partial charge >= 0.3 is 35.6 Å². The van der Waals surface area contributed by atoms with Crippen LogP contribution in [0.3, 0.4) is 0 Å². The first-order valence-corrected chi connectivity index (χ1v) is 19.7. The number of benzene rings is 2. The van der Waals surface area contributed by atoms with E-state index in [4.69, 9.17) is 18.6 Å². The molecule has 6 rings (SSSR count). The summed E-state index contributed by atoms with van der Waals surface area (Å²) in [6.45, 7) is 14.8. The quantitative estimate of drug-likeness (QED) is 0.243. The number of nitrogens with zero attached hydrogens (tertiary/aromatic N) is 2. The first-order valence-electron chi connectivity index (χ1n) is 14.5. The number of amidine groups is 1. The zero-order chi connectivity index (χ0) is 28.3. The second kappa shape index (κ2) is 15.1. The van der Waals surface area contributed by atoms with Crippen molar-refractivity contribution in [3.05, 3.63) is 88.0 Å². The molecule has 0 bridgehead atoms. The molecule has 2 saturated carbocycles. The second-order valence-electron chi connectivity index (χ2n) is 11.9. The standard InChI is InChI=1S/C17H28S.C16H15N2.CH3.2ClH.Ti/c1-10-11(2)15-13(4)16(18-17(15)12(10)3)14-8-6-5-7-9-14;1-11-6-5-7-12(2)15(11)18-10-13-8-3-4-9-14(13)16(18)17;;;;/h10-12,14-15,17H,5-9H2,1-4H3;3-9H,10H2,1-2H3;1H3;2*1H;/q;2*-1;;;+2/p-2. The summed E-state index contributed by atoms with van der Waals surface area (Å²) >= 11 is 1.74. The van der Waals surface area contributed by atoms with Gasteiger partial charge in [0.15, 0.2) is 0 Å². The minimum absolute atomic E-state index is 0. The minimum atomic E-state index is -0.556. The van der Waals surface area contributed by atoms with Crippen LogP contribution in [0.25, 0.3) is 5.41 Å². The molecule has 0 radical (unpaired) electrons. The van der Waals surface area contributed by atoms with E-state index in [2.05, 4.69) is 77.6 Å². The van der Waals surface area contributed by atoms with Crippen LogP contribution < -0.4 is 4.90 Å². The maximum absolute atomic E-state index is 10.4. The summed E-state index contributed by atoms with van der Waals surface area (Å²) in [6, 6.07) is 14.2. The Hall–Kier alpha value is -0.706. The first kappa shape index (κ1) is 33.8. The van der Waals surface area contributed by atoms with Crippen LogP contribution in [0.4, 0.5) is 5.69 Å². The van der Waals surface area contributed by atoms with Crippen LogP contribution in [-0.4, -0.2) is 11.1 Å².